The van der Waals surface area contributed by atoms with Crippen LogP contribution in [0.15, 0.2) is 66.1 Å². The highest BCUT2D eigenvalue weighted by atomic mass is 16.6. The van der Waals surface area contributed by atoms with Crippen LogP contribution in [-0.2, 0) is 9.53 Å². The van der Waals surface area contributed by atoms with Gasteiger partial charge in [-0.25, -0.2) is 4.79 Å². The number of carboxylic acid groups (broad SMARTS) is 1. The maximum atomic E-state index is 11.9. The van der Waals surface area contributed by atoms with Crippen LogP contribution >= 0.6 is 0 Å². The van der Waals surface area contributed by atoms with Crippen LogP contribution in [0, 0.1) is 10.1 Å². The number of fused-ring (bicyclic) bond motifs is 1. The number of benzene rings is 1. The lowest BCUT2D eigenvalue weighted by molar-refractivity contribution is -0.423. The van der Waals surface area contributed by atoms with Gasteiger partial charge in [-0.2, -0.15) is 0 Å². The first-order valence-electron chi connectivity index (χ1n) is 8.33. The average molecular weight is 382 g/mol. The Balaban J connectivity index is 2.32. The van der Waals surface area contributed by atoms with Gasteiger partial charge in [0, 0.05) is 25.0 Å². The number of carbonyl (C=O) groups is 1. The lowest BCUT2D eigenvalue weighted by Crippen LogP contribution is -2.29. The number of hydrogen-bond donors (Lipinski definition) is 3. The largest absolute Gasteiger partial charge is 0.481 e. The molecule has 3 N–H and O–H groups in total. The van der Waals surface area contributed by atoms with E-state index in [0.717, 1.165) is 0 Å². The van der Waals surface area contributed by atoms with Gasteiger partial charge in [0.05, 0.1) is 17.6 Å². The molecule has 1 aliphatic rings. The molecule has 9 heteroatoms. The Morgan fingerprint density at radius 1 is 1.29 bits per heavy atom. The van der Waals surface area contributed by atoms with Crippen molar-refractivity contribution in [2.24, 2.45) is 0 Å². The Bertz CT molecular complexity index is 985. The first kappa shape index (κ1) is 18.9. The Hall–Kier alpha value is -3.88. The zero-order valence-corrected chi connectivity index (χ0v) is 15.2. The highest BCUT2D eigenvalue weighted by Crippen LogP contribution is 2.37. The molecular weight excluding hydrogens is 364 g/mol. The number of methoxy groups -OCH3 is 1. The van der Waals surface area contributed by atoms with Gasteiger partial charge < -0.3 is 20.5 Å². The molecule has 0 spiro atoms. The molecule has 28 heavy (non-hydrogen) atoms. The summed E-state index contributed by atoms with van der Waals surface area (Å²) in [5.74, 6) is -1.05. The van der Waals surface area contributed by atoms with Crippen LogP contribution in [0.2, 0.25) is 0 Å². The van der Waals surface area contributed by atoms with Gasteiger partial charge in [0.1, 0.15) is 5.70 Å². The summed E-state index contributed by atoms with van der Waals surface area (Å²) in [7, 11) is 1.37. The van der Waals surface area contributed by atoms with Crippen molar-refractivity contribution in [3.8, 4) is 0 Å². The zero-order chi connectivity index (χ0) is 20.3. The van der Waals surface area contributed by atoms with Gasteiger partial charge >= 0.3 is 5.97 Å². The van der Waals surface area contributed by atoms with Crippen molar-refractivity contribution in [3.05, 3.63) is 87.3 Å². The molecule has 3 rings (SSSR count). The van der Waals surface area contributed by atoms with E-state index < -0.39 is 16.9 Å². The Morgan fingerprint density at radius 2 is 1.96 bits per heavy atom. The summed E-state index contributed by atoms with van der Waals surface area (Å²) >= 11 is 0. The number of anilines is 1. The van der Waals surface area contributed by atoms with Crippen molar-refractivity contribution in [2.75, 3.05) is 12.4 Å². The molecule has 0 unspecified atom stereocenters. The van der Waals surface area contributed by atoms with E-state index in [-0.39, 0.29) is 22.9 Å². The number of carboxylic acids is 1. The summed E-state index contributed by atoms with van der Waals surface area (Å²) in [5, 5.41) is 27.3. The van der Waals surface area contributed by atoms with E-state index in [2.05, 4.69) is 15.6 Å². The van der Waals surface area contributed by atoms with Crippen molar-refractivity contribution in [2.45, 2.75) is 13.0 Å². The number of aromatic nitrogens is 1. The minimum absolute atomic E-state index is 0.0802. The summed E-state index contributed by atoms with van der Waals surface area (Å²) < 4.78 is 5.40. The molecule has 1 aliphatic heterocycles. The summed E-state index contributed by atoms with van der Waals surface area (Å²) in [6.07, 6.45) is 3.13. The van der Waals surface area contributed by atoms with E-state index in [1.54, 1.807) is 48.8 Å². The summed E-state index contributed by atoms with van der Waals surface area (Å²) in [6, 6.07) is 8.89. The van der Waals surface area contributed by atoms with Gasteiger partial charge in [-0.1, -0.05) is 24.3 Å². The number of hydrogen-bond acceptors (Lipinski definition) is 7. The molecule has 1 aromatic heterocycles. The third-order valence-corrected chi connectivity index (χ3v) is 4.33. The molecule has 9 nitrogen and oxygen atoms in total. The molecule has 2 heterocycles. The summed E-state index contributed by atoms with van der Waals surface area (Å²) in [6.45, 7) is 1.37. The maximum absolute atomic E-state index is 11.9. The molecule has 0 aliphatic carbocycles. The quantitative estimate of drug-likeness (QED) is 0.532. The normalized spacial score (nSPS) is 17.7. The maximum Gasteiger partial charge on any atom is 0.330 e. The second kappa shape index (κ2) is 7.78. The number of nitrogens with zero attached hydrogens (tertiary/aromatic N) is 2. The van der Waals surface area contributed by atoms with E-state index >= 15 is 0 Å². The van der Waals surface area contributed by atoms with Crippen LogP contribution in [0.4, 0.5) is 5.69 Å². The molecular formula is C19H18N4O5. The Labute approximate surface area is 160 Å². The second-order valence-corrected chi connectivity index (χ2v) is 5.99. The highest BCUT2D eigenvalue weighted by Gasteiger charge is 2.34. The molecule has 2 aromatic rings. The standard InChI is InChI=1S/C19H18N4O5/c1-11(23(26)27)15-13-5-3-4-6-14(13)16(19(24)25)22-18(28-2)17(15)21-12-7-9-20-10-8-12/h3-10,16,22H,1-2H3,(H,20,21)(H,24,25)/t16-/m1/s1. The van der Waals surface area contributed by atoms with Crippen molar-refractivity contribution < 1.29 is 19.6 Å². The fourth-order valence-electron chi connectivity index (χ4n) is 3.03. The second-order valence-electron chi connectivity index (χ2n) is 5.99. The molecule has 1 aromatic carbocycles. The van der Waals surface area contributed by atoms with Crippen LogP contribution in [0.3, 0.4) is 0 Å². The van der Waals surface area contributed by atoms with E-state index in [1.807, 2.05) is 0 Å². The molecule has 144 valence electrons. The van der Waals surface area contributed by atoms with Gasteiger partial charge in [0.25, 0.3) is 5.70 Å². The van der Waals surface area contributed by atoms with Crippen LogP contribution in [0.5, 0.6) is 0 Å². The van der Waals surface area contributed by atoms with Crippen molar-refractivity contribution in [3.63, 3.8) is 0 Å². The van der Waals surface area contributed by atoms with Crippen LogP contribution in [-0.4, -0.2) is 28.1 Å². The van der Waals surface area contributed by atoms with Crippen LogP contribution in [0.25, 0.3) is 5.57 Å². The third kappa shape index (κ3) is 3.50. The fourth-order valence-corrected chi connectivity index (χ4v) is 3.03. The predicted molar refractivity (Wildman–Crippen MR) is 101 cm³/mol. The lowest BCUT2D eigenvalue weighted by Gasteiger charge is -2.18. The predicted octanol–water partition coefficient (Wildman–Crippen LogP) is 2.75. The molecule has 0 amide bonds. The number of nitrogens with one attached hydrogen (secondary N) is 2. The number of nitro groups is 1. The first-order chi connectivity index (χ1) is 13.4. The zero-order valence-electron chi connectivity index (χ0n) is 15.2. The van der Waals surface area contributed by atoms with Gasteiger partial charge in [-0.05, 0) is 23.3 Å². The molecule has 1 atom stereocenters. The molecule has 0 saturated heterocycles. The summed E-state index contributed by atoms with van der Waals surface area (Å²) in [5.41, 5.74) is 1.80. The van der Waals surface area contributed by atoms with Crippen molar-refractivity contribution in [1.82, 2.24) is 10.3 Å². The van der Waals surface area contributed by atoms with E-state index in [4.69, 9.17) is 4.74 Å². The fraction of sp³-hybridized carbons (Fsp3) is 0.158. The smallest absolute Gasteiger partial charge is 0.330 e. The van der Waals surface area contributed by atoms with Gasteiger partial charge in [-0.15, -0.1) is 0 Å². The van der Waals surface area contributed by atoms with Gasteiger partial charge in [-0.3, -0.25) is 15.1 Å². The molecule has 0 bridgehead atoms. The van der Waals surface area contributed by atoms with Gasteiger partial charge in [0.15, 0.2) is 6.04 Å². The van der Waals surface area contributed by atoms with E-state index in [9.17, 15) is 20.0 Å². The highest BCUT2D eigenvalue weighted by molar-refractivity contribution is 5.89. The monoisotopic (exact) mass is 382 g/mol. The lowest BCUT2D eigenvalue weighted by atomic mass is 9.93. The molecule has 0 saturated carbocycles. The SMILES string of the molecule is COC1=C(Nc2ccncc2)C(=C(C)[N+](=O)[O-])c2ccccc2[C@H](C(=O)O)N1. The molecule has 0 radical (unpaired) electrons. The van der Waals surface area contributed by atoms with Gasteiger partial charge in [0.2, 0.25) is 5.88 Å². The van der Waals surface area contributed by atoms with E-state index in [0.29, 0.717) is 16.8 Å². The number of pyridine rings is 1. The van der Waals surface area contributed by atoms with Crippen molar-refractivity contribution in [1.29, 1.82) is 0 Å². The summed E-state index contributed by atoms with van der Waals surface area (Å²) in [4.78, 5) is 27.0. The van der Waals surface area contributed by atoms with Crippen molar-refractivity contribution >= 4 is 17.2 Å². The average Bonchev–Trinajstić information content (AvgIpc) is 2.82. The Kier molecular flexibility index (Phi) is 5.25. The van der Waals surface area contributed by atoms with Crippen LogP contribution in [0.1, 0.15) is 24.1 Å². The van der Waals surface area contributed by atoms with E-state index in [1.165, 1.54) is 14.0 Å². The molecule has 0 fully saturated rings. The Morgan fingerprint density at radius 3 is 2.57 bits per heavy atom. The number of aliphatic carboxylic acids is 1. The number of allylic oxidation sites excluding steroid dienone is 2. The topological polar surface area (TPSA) is 127 Å². The first-order valence-corrected chi connectivity index (χ1v) is 8.33. The van der Waals surface area contributed by atoms with Crippen LogP contribution < -0.4 is 10.6 Å². The number of rotatable bonds is 5. The third-order valence-electron chi connectivity index (χ3n) is 4.33. The minimum atomic E-state index is -1.14. The minimum Gasteiger partial charge on any atom is -0.481 e. The number of ether oxygens (including phenoxy) is 1.